The zero-order chi connectivity index (χ0) is 20.1. The van der Waals surface area contributed by atoms with E-state index in [9.17, 15) is 4.79 Å². The first-order chi connectivity index (χ1) is 14.2. The molecule has 0 saturated carbocycles. The fourth-order valence-electron chi connectivity index (χ4n) is 2.71. The van der Waals surface area contributed by atoms with Crippen LogP contribution in [0, 0.1) is 0 Å². The van der Waals surface area contributed by atoms with Crippen molar-refractivity contribution in [2.75, 3.05) is 5.32 Å². The van der Waals surface area contributed by atoms with Crippen LogP contribution >= 0.6 is 11.6 Å². The topological polar surface area (TPSA) is 69.0 Å². The van der Waals surface area contributed by atoms with Crippen LogP contribution in [0.4, 0.5) is 5.69 Å². The van der Waals surface area contributed by atoms with Crippen LogP contribution in [0.1, 0.15) is 5.56 Å². The first-order valence-electron chi connectivity index (χ1n) is 8.95. The zero-order valence-electron chi connectivity index (χ0n) is 15.3. The van der Waals surface area contributed by atoms with Crippen LogP contribution in [0.15, 0.2) is 85.2 Å². The van der Waals surface area contributed by atoms with E-state index < -0.39 is 0 Å². The molecule has 4 aromatic rings. The number of nitrogens with one attached hydrogen (secondary N) is 1. The van der Waals surface area contributed by atoms with E-state index in [2.05, 4.69) is 15.5 Å². The van der Waals surface area contributed by atoms with Crippen LogP contribution in [0.2, 0.25) is 5.02 Å². The molecule has 7 heteroatoms. The second-order valence-electron chi connectivity index (χ2n) is 6.30. The van der Waals surface area contributed by atoms with E-state index in [1.165, 1.54) is 0 Å². The Labute approximate surface area is 172 Å². The number of benzene rings is 2. The Kier molecular flexibility index (Phi) is 5.54. The summed E-state index contributed by atoms with van der Waals surface area (Å²) in [6.45, 7) is 0. The van der Waals surface area contributed by atoms with Gasteiger partial charge in [0.2, 0.25) is 11.8 Å². The molecule has 1 amide bonds. The molecule has 0 aliphatic rings. The number of anilines is 1. The van der Waals surface area contributed by atoms with E-state index in [1.807, 2.05) is 47.3 Å². The summed E-state index contributed by atoms with van der Waals surface area (Å²) in [4.78, 5) is 12.2. The van der Waals surface area contributed by atoms with Gasteiger partial charge in [0.25, 0.3) is 0 Å². The van der Waals surface area contributed by atoms with Gasteiger partial charge in [0, 0.05) is 29.2 Å². The van der Waals surface area contributed by atoms with Gasteiger partial charge in [-0.1, -0.05) is 23.7 Å². The summed E-state index contributed by atoms with van der Waals surface area (Å²) in [6, 6.07) is 21.7. The normalized spacial score (nSPS) is 10.5. The van der Waals surface area contributed by atoms with Gasteiger partial charge < -0.3 is 14.6 Å². The summed E-state index contributed by atoms with van der Waals surface area (Å²) in [6.07, 6.45) is 4.06. The largest absolute Gasteiger partial charge is 0.438 e. The van der Waals surface area contributed by atoms with E-state index in [0.717, 1.165) is 5.56 Å². The minimum Gasteiger partial charge on any atom is -0.438 e. The second kappa shape index (κ2) is 8.58. The van der Waals surface area contributed by atoms with Crippen LogP contribution < -0.4 is 10.1 Å². The third-order valence-electron chi connectivity index (χ3n) is 4.13. The van der Waals surface area contributed by atoms with Gasteiger partial charge in [-0.05, 0) is 60.2 Å². The Bertz CT molecular complexity index is 1080. The van der Waals surface area contributed by atoms with Crippen LogP contribution in [0.5, 0.6) is 11.6 Å². The predicted octanol–water partition coefficient (Wildman–Crippen LogP) is 4.89. The van der Waals surface area contributed by atoms with Gasteiger partial charge in [-0.2, -0.15) is 0 Å². The third-order valence-corrected chi connectivity index (χ3v) is 4.39. The molecule has 0 saturated heterocycles. The lowest BCUT2D eigenvalue weighted by Gasteiger charge is -2.08. The Hall–Kier alpha value is -3.64. The average molecular weight is 405 g/mol. The van der Waals surface area contributed by atoms with Gasteiger partial charge in [0.05, 0.1) is 6.42 Å². The fourth-order valence-corrected chi connectivity index (χ4v) is 2.84. The SMILES string of the molecule is O=C(Cc1ccc(Cl)cc1)Nc1ccc(Oc2ccc(-n3cccc3)nn2)cc1. The van der Waals surface area contributed by atoms with E-state index >= 15 is 0 Å². The summed E-state index contributed by atoms with van der Waals surface area (Å²) < 4.78 is 7.57. The average Bonchev–Trinajstić information content (AvgIpc) is 3.27. The van der Waals surface area contributed by atoms with E-state index in [0.29, 0.717) is 28.2 Å². The van der Waals surface area contributed by atoms with Crippen LogP contribution in [-0.4, -0.2) is 20.7 Å². The third kappa shape index (κ3) is 5.00. The lowest BCUT2D eigenvalue weighted by molar-refractivity contribution is -0.115. The molecule has 0 radical (unpaired) electrons. The minimum absolute atomic E-state index is 0.104. The Morgan fingerprint density at radius 3 is 2.31 bits per heavy atom. The molecule has 4 rings (SSSR count). The van der Waals surface area contributed by atoms with Crippen molar-refractivity contribution < 1.29 is 9.53 Å². The highest BCUT2D eigenvalue weighted by molar-refractivity contribution is 6.30. The van der Waals surface area contributed by atoms with Crippen molar-refractivity contribution in [2.24, 2.45) is 0 Å². The van der Waals surface area contributed by atoms with Gasteiger partial charge in [-0.15, -0.1) is 10.2 Å². The number of halogens is 1. The van der Waals surface area contributed by atoms with Gasteiger partial charge in [-0.3, -0.25) is 4.79 Å². The number of nitrogens with zero attached hydrogens (tertiary/aromatic N) is 3. The number of rotatable bonds is 6. The molecule has 0 fully saturated rings. The molecule has 0 aliphatic carbocycles. The summed E-state index contributed by atoms with van der Waals surface area (Å²) in [5.41, 5.74) is 1.58. The summed E-state index contributed by atoms with van der Waals surface area (Å²) in [5, 5.41) is 11.7. The molecule has 2 heterocycles. The molecule has 0 spiro atoms. The molecule has 0 bridgehead atoms. The smallest absolute Gasteiger partial charge is 0.238 e. The Morgan fingerprint density at radius 2 is 1.66 bits per heavy atom. The quantitative estimate of drug-likeness (QED) is 0.496. The van der Waals surface area contributed by atoms with Gasteiger partial charge in [0.15, 0.2) is 5.82 Å². The summed E-state index contributed by atoms with van der Waals surface area (Å²) in [5.74, 6) is 1.60. The van der Waals surface area contributed by atoms with Crippen molar-refractivity contribution >= 4 is 23.2 Å². The molecule has 2 aromatic carbocycles. The predicted molar refractivity (Wildman–Crippen MR) is 112 cm³/mol. The molecule has 144 valence electrons. The second-order valence-corrected chi connectivity index (χ2v) is 6.73. The molecule has 0 atom stereocenters. The van der Waals surface area contributed by atoms with Crippen molar-refractivity contribution in [3.05, 3.63) is 95.8 Å². The molecular formula is C22H17ClN4O2. The van der Waals surface area contributed by atoms with Crippen LogP contribution in [0.3, 0.4) is 0 Å². The lowest BCUT2D eigenvalue weighted by Crippen LogP contribution is -2.14. The number of aromatic nitrogens is 3. The van der Waals surface area contributed by atoms with Gasteiger partial charge in [-0.25, -0.2) is 0 Å². The zero-order valence-corrected chi connectivity index (χ0v) is 16.1. The number of carbonyl (C=O) groups is 1. The molecule has 2 aromatic heterocycles. The Morgan fingerprint density at radius 1 is 0.931 bits per heavy atom. The fraction of sp³-hybridized carbons (Fsp3) is 0.0455. The van der Waals surface area contributed by atoms with E-state index in [-0.39, 0.29) is 12.3 Å². The van der Waals surface area contributed by atoms with Crippen molar-refractivity contribution in [1.82, 2.24) is 14.8 Å². The lowest BCUT2D eigenvalue weighted by atomic mass is 10.1. The maximum absolute atomic E-state index is 12.2. The molecule has 1 N–H and O–H groups in total. The number of hydrogen-bond acceptors (Lipinski definition) is 4. The Balaban J connectivity index is 1.34. The van der Waals surface area contributed by atoms with Crippen molar-refractivity contribution in [2.45, 2.75) is 6.42 Å². The first kappa shape index (κ1) is 18.7. The van der Waals surface area contributed by atoms with Gasteiger partial charge in [0.1, 0.15) is 5.75 Å². The number of hydrogen-bond donors (Lipinski definition) is 1. The maximum Gasteiger partial charge on any atom is 0.238 e. The first-order valence-corrected chi connectivity index (χ1v) is 9.33. The van der Waals surface area contributed by atoms with Crippen LogP contribution in [0.25, 0.3) is 5.82 Å². The van der Waals surface area contributed by atoms with E-state index in [4.69, 9.17) is 16.3 Å². The summed E-state index contributed by atoms with van der Waals surface area (Å²) >= 11 is 5.86. The number of carbonyl (C=O) groups excluding carboxylic acids is 1. The minimum atomic E-state index is -0.104. The molecule has 6 nitrogen and oxygen atoms in total. The van der Waals surface area contributed by atoms with Crippen molar-refractivity contribution in [1.29, 1.82) is 0 Å². The van der Waals surface area contributed by atoms with Crippen molar-refractivity contribution in [3.63, 3.8) is 0 Å². The number of amides is 1. The highest BCUT2D eigenvalue weighted by Gasteiger charge is 2.06. The molecule has 0 aliphatic heterocycles. The van der Waals surface area contributed by atoms with Gasteiger partial charge >= 0.3 is 0 Å². The standard InChI is InChI=1S/C22H17ClN4O2/c23-17-5-3-16(4-6-17)15-21(28)24-18-7-9-19(10-8-18)29-22-12-11-20(25-26-22)27-13-1-2-14-27/h1-14H,15H2,(H,24,28). The molecule has 0 unspecified atom stereocenters. The number of ether oxygens (including phenoxy) is 1. The molecular weight excluding hydrogens is 388 g/mol. The van der Waals surface area contributed by atoms with E-state index in [1.54, 1.807) is 42.5 Å². The maximum atomic E-state index is 12.2. The highest BCUT2D eigenvalue weighted by atomic mass is 35.5. The summed E-state index contributed by atoms with van der Waals surface area (Å²) in [7, 11) is 0. The van der Waals surface area contributed by atoms with Crippen molar-refractivity contribution in [3.8, 4) is 17.4 Å². The molecule has 29 heavy (non-hydrogen) atoms. The van der Waals surface area contributed by atoms with Crippen LogP contribution in [-0.2, 0) is 11.2 Å². The highest BCUT2D eigenvalue weighted by Crippen LogP contribution is 2.22. The monoisotopic (exact) mass is 404 g/mol.